The first kappa shape index (κ1) is 23.0. The number of nitrogens with two attached hydrogens (primary N) is 1. The lowest BCUT2D eigenvalue weighted by atomic mass is 10.1. The van der Waals surface area contributed by atoms with E-state index in [0.29, 0.717) is 17.0 Å². The molecule has 18 heteroatoms. The summed E-state index contributed by atoms with van der Waals surface area (Å²) in [6.07, 6.45) is 0.189. The number of carbonyl (C=O) groups excluding carboxylic acids is 3. The van der Waals surface area contributed by atoms with Crippen molar-refractivity contribution in [2.24, 2.45) is 5.16 Å². The van der Waals surface area contributed by atoms with Gasteiger partial charge >= 0.3 is 16.3 Å². The summed E-state index contributed by atoms with van der Waals surface area (Å²) in [5.41, 5.74) is 5.69. The molecule has 3 heterocycles. The highest BCUT2D eigenvalue weighted by Gasteiger charge is 2.56. The van der Waals surface area contributed by atoms with Crippen molar-refractivity contribution in [3.05, 3.63) is 23.0 Å². The Balaban J connectivity index is 1.68. The Morgan fingerprint density at radius 3 is 2.84 bits per heavy atom. The van der Waals surface area contributed by atoms with E-state index < -0.39 is 40.3 Å². The van der Waals surface area contributed by atoms with Crippen molar-refractivity contribution in [2.45, 2.75) is 25.7 Å². The highest BCUT2D eigenvalue weighted by molar-refractivity contribution is 7.84. The quantitative estimate of drug-likeness (QED) is 0.118. The summed E-state index contributed by atoms with van der Waals surface area (Å²) in [5, 5.41) is 14.7. The van der Waals surface area contributed by atoms with Crippen LogP contribution in [0.25, 0.3) is 0 Å². The Kier molecular flexibility index (Phi) is 6.65. The Morgan fingerprint density at radius 2 is 2.22 bits per heavy atom. The highest BCUT2D eigenvalue weighted by Crippen LogP contribution is 2.32. The molecule has 0 bridgehead atoms. The summed E-state index contributed by atoms with van der Waals surface area (Å²) in [6, 6.07) is -1.47. The van der Waals surface area contributed by atoms with Gasteiger partial charge in [0.25, 0.3) is 11.8 Å². The van der Waals surface area contributed by atoms with Gasteiger partial charge in [-0.2, -0.15) is 12.7 Å². The predicted molar refractivity (Wildman–Crippen MR) is 105 cm³/mol. The van der Waals surface area contributed by atoms with Crippen LogP contribution in [0.5, 0.6) is 0 Å². The van der Waals surface area contributed by atoms with E-state index in [1.807, 2.05) is 0 Å². The molecular weight excluding hydrogens is 472 g/mol. The zero-order chi connectivity index (χ0) is 23.5. The second kappa shape index (κ2) is 9.24. The Labute approximate surface area is 183 Å². The van der Waals surface area contributed by atoms with E-state index in [2.05, 4.69) is 25.8 Å². The molecule has 0 aromatic carbocycles. The SMILES string of the molecule is CCOC(=O)c1cn([C@H]2[C@H](NC(=O)C=NOCc3csc(N)n3)C(=O)N2S(=O)(=O)O)nn1. The third kappa shape index (κ3) is 4.98. The summed E-state index contributed by atoms with van der Waals surface area (Å²) in [4.78, 5) is 44.8. The molecule has 2 aromatic rings. The smallest absolute Gasteiger partial charge is 0.364 e. The third-order valence-electron chi connectivity index (χ3n) is 3.86. The molecule has 0 spiro atoms. The van der Waals surface area contributed by atoms with Gasteiger partial charge in [0.15, 0.2) is 29.6 Å². The van der Waals surface area contributed by atoms with Gasteiger partial charge < -0.3 is 20.6 Å². The minimum atomic E-state index is -5.00. The second-order valence-electron chi connectivity index (χ2n) is 6.00. The summed E-state index contributed by atoms with van der Waals surface area (Å²) in [5.74, 6) is -2.90. The summed E-state index contributed by atoms with van der Waals surface area (Å²) in [7, 11) is -5.00. The van der Waals surface area contributed by atoms with Gasteiger partial charge in [-0.25, -0.2) is 14.5 Å². The zero-order valence-corrected chi connectivity index (χ0v) is 17.8. The van der Waals surface area contributed by atoms with E-state index in [-0.39, 0.29) is 23.2 Å². The number of anilines is 1. The van der Waals surface area contributed by atoms with Crippen LogP contribution >= 0.6 is 11.3 Å². The van der Waals surface area contributed by atoms with Gasteiger partial charge in [-0.3, -0.25) is 14.1 Å². The molecule has 3 rings (SSSR count). The number of esters is 1. The van der Waals surface area contributed by atoms with Gasteiger partial charge in [-0.1, -0.05) is 10.4 Å². The fourth-order valence-electron chi connectivity index (χ4n) is 2.57. The first-order valence-electron chi connectivity index (χ1n) is 8.67. The van der Waals surface area contributed by atoms with Crippen LogP contribution in [0, 0.1) is 0 Å². The van der Waals surface area contributed by atoms with E-state index in [1.54, 1.807) is 12.3 Å². The second-order valence-corrected chi connectivity index (χ2v) is 8.18. The summed E-state index contributed by atoms with van der Waals surface area (Å²) < 4.78 is 38.1. The number of thiazole rings is 1. The average Bonchev–Trinajstić information content (AvgIpc) is 3.35. The van der Waals surface area contributed by atoms with Crippen LogP contribution in [0.3, 0.4) is 0 Å². The van der Waals surface area contributed by atoms with Crippen LogP contribution < -0.4 is 11.1 Å². The molecule has 16 nitrogen and oxygen atoms in total. The topological polar surface area (TPSA) is 221 Å². The zero-order valence-electron chi connectivity index (χ0n) is 16.2. The van der Waals surface area contributed by atoms with Crippen molar-refractivity contribution < 1.29 is 36.9 Å². The number of β-lactam (4-membered cyclic amide) rings is 1. The van der Waals surface area contributed by atoms with E-state index in [4.69, 9.17) is 15.3 Å². The van der Waals surface area contributed by atoms with Crippen LogP contribution in [0.2, 0.25) is 0 Å². The molecule has 2 atom stereocenters. The van der Waals surface area contributed by atoms with E-state index in [9.17, 15) is 27.4 Å². The molecule has 0 radical (unpaired) electrons. The number of aromatic nitrogens is 4. The number of carbonyl (C=O) groups is 3. The largest absolute Gasteiger partial charge is 0.461 e. The molecule has 32 heavy (non-hydrogen) atoms. The van der Waals surface area contributed by atoms with Gasteiger partial charge in [0.1, 0.15) is 6.21 Å². The lowest BCUT2D eigenvalue weighted by Crippen LogP contribution is -2.68. The molecule has 1 saturated heterocycles. The molecule has 1 aliphatic rings. The van der Waals surface area contributed by atoms with Crippen LogP contribution in [0.15, 0.2) is 16.7 Å². The number of rotatable bonds is 9. The maximum Gasteiger partial charge on any atom is 0.364 e. The number of oxime groups is 1. The Bertz CT molecular complexity index is 1160. The summed E-state index contributed by atoms with van der Waals surface area (Å²) >= 11 is 1.20. The molecule has 0 unspecified atom stereocenters. The molecule has 2 aromatic heterocycles. The fourth-order valence-corrected chi connectivity index (χ4v) is 3.95. The maximum absolute atomic E-state index is 12.2. The van der Waals surface area contributed by atoms with E-state index in [1.165, 1.54) is 11.3 Å². The number of hydrogen-bond donors (Lipinski definition) is 3. The molecule has 2 amide bonds. The fraction of sp³-hybridized carbons (Fsp3) is 0.357. The van der Waals surface area contributed by atoms with Crippen molar-refractivity contribution in [1.29, 1.82) is 0 Å². The number of nitrogens with one attached hydrogen (secondary N) is 1. The lowest BCUT2D eigenvalue weighted by Gasteiger charge is -2.43. The molecule has 1 aliphatic heterocycles. The molecular formula is C14H16N8O8S2. The number of nitrogens with zero attached hydrogens (tertiary/aromatic N) is 6. The first-order chi connectivity index (χ1) is 15.1. The third-order valence-corrected chi connectivity index (χ3v) is 5.48. The van der Waals surface area contributed by atoms with Crippen molar-refractivity contribution in [3.8, 4) is 0 Å². The summed E-state index contributed by atoms with van der Waals surface area (Å²) in [6.45, 7) is 1.56. The number of amides is 2. The van der Waals surface area contributed by atoms with Crippen LogP contribution in [-0.4, -0.2) is 73.9 Å². The number of hydrogen-bond acceptors (Lipinski definition) is 13. The molecule has 4 N–H and O–H groups in total. The van der Waals surface area contributed by atoms with Crippen LogP contribution in [-0.2, 0) is 36.1 Å². The molecule has 0 saturated carbocycles. The van der Waals surface area contributed by atoms with Gasteiger partial charge in [0.2, 0.25) is 0 Å². The van der Waals surface area contributed by atoms with Crippen molar-refractivity contribution in [1.82, 2.24) is 29.6 Å². The van der Waals surface area contributed by atoms with Gasteiger partial charge in [0, 0.05) is 5.38 Å². The van der Waals surface area contributed by atoms with Crippen LogP contribution in [0.1, 0.15) is 29.3 Å². The molecule has 172 valence electrons. The Morgan fingerprint density at radius 1 is 1.47 bits per heavy atom. The average molecular weight is 488 g/mol. The normalized spacial score (nSPS) is 18.4. The molecule has 1 fully saturated rings. The highest BCUT2D eigenvalue weighted by atomic mass is 32.2. The monoisotopic (exact) mass is 488 g/mol. The number of ether oxygens (including phenoxy) is 1. The minimum Gasteiger partial charge on any atom is -0.461 e. The molecule has 0 aliphatic carbocycles. The maximum atomic E-state index is 12.2. The van der Waals surface area contributed by atoms with Gasteiger partial charge in [0.05, 0.1) is 18.5 Å². The minimum absolute atomic E-state index is 0.0562. The standard InChI is InChI=1S/C14H16N8O8S2/c1-2-29-13(25)8-4-21(20-19-8)11-10(12(24)22(11)32(26,27)28)18-9(23)3-16-30-5-7-6-31-14(15)17-7/h3-4,6,10-11H,2,5H2,1H3,(H2,15,17)(H,18,23)(H,26,27,28)/t10-,11+/m0/s1. The Hall–Kier alpha value is -3.64. The van der Waals surface area contributed by atoms with E-state index in [0.717, 1.165) is 10.9 Å². The van der Waals surface area contributed by atoms with Crippen molar-refractivity contribution in [2.75, 3.05) is 12.3 Å². The van der Waals surface area contributed by atoms with Crippen molar-refractivity contribution in [3.63, 3.8) is 0 Å². The van der Waals surface area contributed by atoms with E-state index >= 15 is 0 Å². The number of nitrogen functional groups attached to an aromatic ring is 1. The van der Waals surface area contributed by atoms with Gasteiger partial charge in [-0.05, 0) is 6.92 Å². The van der Waals surface area contributed by atoms with Crippen molar-refractivity contribution >= 4 is 50.8 Å². The van der Waals surface area contributed by atoms with Crippen LogP contribution in [0.4, 0.5) is 5.13 Å². The van der Waals surface area contributed by atoms with Gasteiger partial charge in [-0.15, -0.1) is 16.4 Å². The first-order valence-corrected chi connectivity index (χ1v) is 10.9. The predicted octanol–water partition coefficient (Wildman–Crippen LogP) is -1.68. The lowest BCUT2D eigenvalue weighted by molar-refractivity contribution is -0.149.